The molecule has 3 rings (SSSR count). The molecule has 0 aliphatic heterocycles. The number of hydrogen-bond acceptors (Lipinski definition) is 3. The van der Waals surface area contributed by atoms with Gasteiger partial charge in [-0.25, -0.2) is 4.39 Å². The van der Waals surface area contributed by atoms with Gasteiger partial charge in [0.15, 0.2) is 0 Å². The summed E-state index contributed by atoms with van der Waals surface area (Å²) in [6.07, 6.45) is 5.47. The third kappa shape index (κ3) is 7.34. The average Bonchev–Trinajstić information content (AvgIpc) is 2.79. The maximum absolute atomic E-state index is 13.9. The Kier molecular flexibility index (Phi) is 9.60. The van der Waals surface area contributed by atoms with Gasteiger partial charge >= 0.3 is 0 Å². The van der Waals surface area contributed by atoms with E-state index in [1.54, 1.807) is 30.0 Å². The molecule has 0 heterocycles. The first-order valence-corrected chi connectivity index (χ1v) is 13.0. The molecule has 2 amide bonds. The molecular formula is C25H30BrFN2O2S. The van der Waals surface area contributed by atoms with Crippen molar-refractivity contribution in [1.82, 2.24) is 10.2 Å². The minimum atomic E-state index is -0.586. The van der Waals surface area contributed by atoms with Crippen LogP contribution < -0.4 is 5.32 Å². The number of benzene rings is 2. The maximum Gasteiger partial charge on any atom is 0.242 e. The molecule has 2 aromatic carbocycles. The number of carbonyl (C=O) groups excluding carboxylic acids is 2. The third-order valence-corrected chi connectivity index (χ3v) is 7.26. The molecule has 0 saturated heterocycles. The Morgan fingerprint density at radius 1 is 1.16 bits per heavy atom. The Bertz CT molecular complexity index is 920. The van der Waals surface area contributed by atoms with Crippen molar-refractivity contribution in [3.8, 4) is 0 Å². The fraction of sp³-hybridized carbons (Fsp3) is 0.440. The van der Waals surface area contributed by atoms with E-state index in [9.17, 15) is 14.0 Å². The predicted molar refractivity (Wildman–Crippen MR) is 132 cm³/mol. The number of amides is 2. The van der Waals surface area contributed by atoms with E-state index in [2.05, 4.69) is 21.2 Å². The van der Waals surface area contributed by atoms with Crippen molar-refractivity contribution in [2.45, 2.75) is 63.4 Å². The lowest BCUT2D eigenvalue weighted by atomic mass is 9.95. The molecule has 1 aliphatic carbocycles. The molecule has 1 N–H and O–H groups in total. The standard InChI is InChI=1S/C25H30BrFN2O2S/c1-18(25(31)28-22-11-3-2-4-12-22)29(15-19-8-7-10-21(26)14-19)24(30)17-32-16-20-9-5-6-13-23(20)27/h5-10,13-14,18,22H,2-4,11-12,15-17H2,1H3,(H,28,31). The third-order valence-electron chi connectivity index (χ3n) is 5.80. The SMILES string of the molecule is CC(C(=O)NC1CCCCC1)N(Cc1cccc(Br)c1)C(=O)CSCc1ccccc1F. The van der Waals surface area contributed by atoms with Crippen molar-refractivity contribution >= 4 is 39.5 Å². The predicted octanol–water partition coefficient (Wildman–Crippen LogP) is 5.69. The van der Waals surface area contributed by atoms with Crippen LogP contribution in [0, 0.1) is 5.82 Å². The minimum Gasteiger partial charge on any atom is -0.352 e. The molecule has 1 saturated carbocycles. The molecule has 2 aromatic rings. The Labute approximate surface area is 202 Å². The van der Waals surface area contributed by atoms with Crippen LogP contribution in [0.15, 0.2) is 53.0 Å². The van der Waals surface area contributed by atoms with E-state index in [4.69, 9.17) is 0 Å². The topological polar surface area (TPSA) is 49.4 Å². The summed E-state index contributed by atoms with van der Waals surface area (Å²) in [7, 11) is 0. The highest BCUT2D eigenvalue weighted by Gasteiger charge is 2.28. The molecule has 0 radical (unpaired) electrons. The Balaban J connectivity index is 1.66. The first-order chi connectivity index (χ1) is 15.4. The minimum absolute atomic E-state index is 0.112. The smallest absolute Gasteiger partial charge is 0.242 e. The molecule has 7 heteroatoms. The Hall–Kier alpha value is -1.86. The van der Waals surface area contributed by atoms with Gasteiger partial charge < -0.3 is 10.2 Å². The van der Waals surface area contributed by atoms with Gasteiger partial charge in [-0.2, -0.15) is 0 Å². The van der Waals surface area contributed by atoms with Gasteiger partial charge in [0.2, 0.25) is 11.8 Å². The second-order valence-corrected chi connectivity index (χ2v) is 10.2. The first-order valence-electron chi connectivity index (χ1n) is 11.1. The number of rotatable bonds is 9. The Morgan fingerprint density at radius 3 is 2.62 bits per heavy atom. The zero-order chi connectivity index (χ0) is 22.9. The summed E-state index contributed by atoms with van der Waals surface area (Å²) in [6, 6.07) is 14.0. The summed E-state index contributed by atoms with van der Waals surface area (Å²) in [6.45, 7) is 2.13. The quantitative estimate of drug-likeness (QED) is 0.462. The lowest BCUT2D eigenvalue weighted by molar-refractivity contribution is -0.139. The van der Waals surface area contributed by atoms with Crippen molar-refractivity contribution in [3.05, 3.63) is 69.9 Å². The fourth-order valence-electron chi connectivity index (χ4n) is 3.93. The van der Waals surface area contributed by atoms with E-state index in [1.807, 2.05) is 24.3 Å². The maximum atomic E-state index is 13.9. The van der Waals surface area contributed by atoms with Gasteiger partial charge in [-0.1, -0.05) is 65.5 Å². The van der Waals surface area contributed by atoms with Crippen molar-refractivity contribution in [2.24, 2.45) is 0 Å². The van der Waals surface area contributed by atoms with E-state index in [0.29, 0.717) is 17.9 Å². The molecule has 172 valence electrons. The normalized spacial score (nSPS) is 15.2. The summed E-state index contributed by atoms with van der Waals surface area (Å²) in [5.74, 6) is 0.0884. The van der Waals surface area contributed by atoms with E-state index in [1.165, 1.54) is 24.2 Å². The number of nitrogens with zero attached hydrogens (tertiary/aromatic N) is 1. The second kappa shape index (κ2) is 12.4. The molecule has 4 nitrogen and oxygen atoms in total. The zero-order valence-corrected chi connectivity index (χ0v) is 20.8. The van der Waals surface area contributed by atoms with E-state index in [0.717, 1.165) is 35.7 Å². The highest BCUT2D eigenvalue weighted by atomic mass is 79.9. The van der Waals surface area contributed by atoms with Crippen LogP contribution in [0.5, 0.6) is 0 Å². The average molecular weight is 521 g/mol. The number of hydrogen-bond donors (Lipinski definition) is 1. The molecule has 1 fully saturated rings. The van der Waals surface area contributed by atoms with Crippen molar-refractivity contribution in [2.75, 3.05) is 5.75 Å². The summed E-state index contributed by atoms with van der Waals surface area (Å²) in [5, 5.41) is 3.14. The van der Waals surface area contributed by atoms with Crippen LogP contribution in [0.25, 0.3) is 0 Å². The number of thioether (sulfide) groups is 1. The second-order valence-electron chi connectivity index (χ2n) is 8.26. The van der Waals surface area contributed by atoms with E-state index in [-0.39, 0.29) is 29.4 Å². The van der Waals surface area contributed by atoms with Crippen LogP contribution in [0.1, 0.15) is 50.2 Å². The lowest BCUT2D eigenvalue weighted by Gasteiger charge is -2.31. The highest BCUT2D eigenvalue weighted by molar-refractivity contribution is 9.10. The number of halogens is 2. The molecule has 32 heavy (non-hydrogen) atoms. The van der Waals surface area contributed by atoms with Gasteiger partial charge in [0.05, 0.1) is 5.75 Å². The summed E-state index contributed by atoms with van der Waals surface area (Å²) in [4.78, 5) is 27.8. The number of nitrogens with one attached hydrogen (secondary N) is 1. The van der Waals surface area contributed by atoms with E-state index >= 15 is 0 Å². The van der Waals surface area contributed by atoms with Crippen LogP contribution in [0.2, 0.25) is 0 Å². The summed E-state index contributed by atoms with van der Waals surface area (Å²) < 4.78 is 14.8. The van der Waals surface area contributed by atoms with E-state index < -0.39 is 6.04 Å². The van der Waals surface area contributed by atoms with Gasteiger partial charge in [0, 0.05) is 22.8 Å². The lowest BCUT2D eigenvalue weighted by Crippen LogP contribution is -2.50. The largest absolute Gasteiger partial charge is 0.352 e. The van der Waals surface area contributed by atoms with Crippen LogP contribution >= 0.6 is 27.7 Å². The van der Waals surface area contributed by atoms with Crippen LogP contribution in [0.3, 0.4) is 0 Å². The molecule has 1 aliphatic rings. The van der Waals surface area contributed by atoms with Gasteiger partial charge in [-0.15, -0.1) is 11.8 Å². The van der Waals surface area contributed by atoms with Crippen LogP contribution in [0.4, 0.5) is 4.39 Å². The molecule has 1 atom stereocenters. The molecule has 0 bridgehead atoms. The van der Waals surface area contributed by atoms with Crippen LogP contribution in [-0.4, -0.2) is 34.6 Å². The molecule has 0 aromatic heterocycles. The monoisotopic (exact) mass is 520 g/mol. The van der Waals surface area contributed by atoms with Gasteiger partial charge in [-0.05, 0) is 49.1 Å². The number of carbonyl (C=O) groups is 2. The fourth-order valence-corrected chi connectivity index (χ4v) is 5.27. The van der Waals surface area contributed by atoms with Crippen molar-refractivity contribution in [3.63, 3.8) is 0 Å². The van der Waals surface area contributed by atoms with Gasteiger partial charge in [-0.3, -0.25) is 9.59 Å². The summed E-state index contributed by atoms with van der Waals surface area (Å²) >= 11 is 4.84. The molecule has 0 spiro atoms. The Morgan fingerprint density at radius 2 is 1.91 bits per heavy atom. The van der Waals surface area contributed by atoms with Crippen molar-refractivity contribution < 1.29 is 14.0 Å². The highest BCUT2D eigenvalue weighted by Crippen LogP contribution is 2.21. The first kappa shape index (κ1) is 24.8. The van der Waals surface area contributed by atoms with Crippen LogP contribution in [-0.2, 0) is 21.9 Å². The van der Waals surface area contributed by atoms with Gasteiger partial charge in [0.25, 0.3) is 0 Å². The summed E-state index contributed by atoms with van der Waals surface area (Å²) in [5.41, 5.74) is 1.52. The van der Waals surface area contributed by atoms with Gasteiger partial charge in [0.1, 0.15) is 11.9 Å². The molecular weight excluding hydrogens is 491 g/mol. The zero-order valence-electron chi connectivity index (χ0n) is 18.4. The molecule has 1 unspecified atom stereocenters. The van der Waals surface area contributed by atoms with Crippen molar-refractivity contribution in [1.29, 1.82) is 0 Å².